The van der Waals surface area contributed by atoms with Crippen LogP contribution in [0.3, 0.4) is 0 Å². The summed E-state index contributed by atoms with van der Waals surface area (Å²) in [6, 6.07) is 0.293. The molecule has 0 radical (unpaired) electrons. The summed E-state index contributed by atoms with van der Waals surface area (Å²) in [6.07, 6.45) is 1.89. The van der Waals surface area contributed by atoms with Crippen LogP contribution < -0.4 is 10.6 Å². The molecule has 1 saturated heterocycles. The van der Waals surface area contributed by atoms with Gasteiger partial charge in [-0.05, 0) is 29.8 Å². The van der Waals surface area contributed by atoms with Crippen molar-refractivity contribution in [3.05, 3.63) is 10.7 Å². The van der Waals surface area contributed by atoms with E-state index in [4.69, 9.17) is 10.5 Å². The quantitative estimate of drug-likeness (QED) is 0.846. The van der Waals surface area contributed by atoms with Crippen molar-refractivity contribution in [1.82, 2.24) is 9.97 Å². The summed E-state index contributed by atoms with van der Waals surface area (Å²) < 4.78 is 6.44. The standard InChI is InChI=1S/C10H15BrN4O/c1-6-5-16-7(2)4-15(6)9-8(11)3-13-10(12)14-9/h3,6-7H,4-5H2,1-2H3,(H2,12,13,14). The van der Waals surface area contributed by atoms with Crippen LogP contribution in [0.5, 0.6) is 0 Å². The van der Waals surface area contributed by atoms with E-state index in [1.165, 1.54) is 0 Å². The van der Waals surface area contributed by atoms with E-state index < -0.39 is 0 Å². The Hall–Kier alpha value is -0.880. The molecule has 0 bridgehead atoms. The van der Waals surface area contributed by atoms with Crippen molar-refractivity contribution in [3.63, 3.8) is 0 Å². The van der Waals surface area contributed by atoms with Gasteiger partial charge >= 0.3 is 0 Å². The highest BCUT2D eigenvalue weighted by atomic mass is 79.9. The van der Waals surface area contributed by atoms with Crippen LogP contribution in [0.1, 0.15) is 13.8 Å². The van der Waals surface area contributed by atoms with E-state index in [9.17, 15) is 0 Å². The maximum atomic E-state index is 5.61. The number of nitrogens with two attached hydrogens (primary N) is 1. The Balaban J connectivity index is 2.30. The lowest BCUT2D eigenvalue weighted by atomic mass is 10.2. The molecule has 6 heteroatoms. The Morgan fingerprint density at radius 3 is 3.06 bits per heavy atom. The first-order valence-electron chi connectivity index (χ1n) is 5.24. The third-order valence-electron chi connectivity index (χ3n) is 2.62. The zero-order valence-corrected chi connectivity index (χ0v) is 10.9. The number of hydrogen-bond acceptors (Lipinski definition) is 5. The molecular weight excluding hydrogens is 272 g/mol. The molecule has 5 nitrogen and oxygen atoms in total. The number of nitrogens with zero attached hydrogens (tertiary/aromatic N) is 3. The Labute approximate surface area is 103 Å². The maximum absolute atomic E-state index is 5.61. The van der Waals surface area contributed by atoms with Gasteiger partial charge in [0, 0.05) is 12.7 Å². The predicted molar refractivity (Wildman–Crippen MR) is 66.4 cm³/mol. The second-order valence-electron chi connectivity index (χ2n) is 4.05. The highest BCUT2D eigenvalue weighted by molar-refractivity contribution is 9.10. The van der Waals surface area contributed by atoms with Gasteiger partial charge in [0.2, 0.25) is 5.95 Å². The number of ether oxygens (including phenoxy) is 1. The molecule has 1 fully saturated rings. The van der Waals surface area contributed by atoms with E-state index in [1.807, 2.05) is 0 Å². The van der Waals surface area contributed by atoms with E-state index in [1.54, 1.807) is 6.20 Å². The second kappa shape index (κ2) is 4.55. The molecule has 0 aliphatic carbocycles. The summed E-state index contributed by atoms with van der Waals surface area (Å²) in [7, 11) is 0. The van der Waals surface area contributed by atoms with Crippen molar-refractivity contribution in [3.8, 4) is 0 Å². The number of aromatic nitrogens is 2. The van der Waals surface area contributed by atoms with Crippen LogP contribution in [0.2, 0.25) is 0 Å². The molecular formula is C10H15BrN4O. The van der Waals surface area contributed by atoms with E-state index in [-0.39, 0.29) is 6.10 Å². The van der Waals surface area contributed by atoms with Gasteiger partial charge in [0.1, 0.15) is 5.82 Å². The van der Waals surface area contributed by atoms with Gasteiger partial charge in [-0.25, -0.2) is 4.98 Å². The number of halogens is 1. The molecule has 16 heavy (non-hydrogen) atoms. The molecule has 2 N–H and O–H groups in total. The van der Waals surface area contributed by atoms with Crippen molar-refractivity contribution in [1.29, 1.82) is 0 Å². The molecule has 2 rings (SSSR count). The third kappa shape index (κ3) is 2.27. The molecule has 1 aromatic rings. The monoisotopic (exact) mass is 286 g/mol. The number of nitrogen functional groups attached to an aromatic ring is 1. The van der Waals surface area contributed by atoms with Gasteiger partial charge in [0.05, 0.1) is 23.2 Å². The van der Waals surface area contributed by atoms with Crippen LogP contribution in [0.15, 0.2) is 10.7 Å². The Kier molecular flexibility index (Phi) is 3.30. The van der Waals surface area contributed by atoms with Gasteiger partial charge in [0.25, 0.3) is 0 Å². The first kappa shape index (κ1) is 11.6. The zero-order chi connectivity index (χ0) is 11.7. The van der Waals surface area contributed by atoms with Gasteiger partial charge in [-0.2, -0.15) is 4.98 Å². The molecule has 1 aliphatic rings. The van der Waals surface area contributed by atoms with Gasteiger partial charge in [-0.1, -0.05) is 0 Å². The summed E-state index contributed by atoms with van der Waals surface area (Å²) in [4.78, 5) is 10.4. The van der Waals surface area contributed by atoms with Crippen molar-refractivity contribution < 1.29 is 4.74 Å². The van der Waals surface area contributed by atoms with Gasteiger partial charge in [-0.3, -0.25) is 0 Å². The summed E-state index contributed by atoms with van der Waals surface area (Å²) in [5.74, 6) is 1.14. The van der Waals surface area contributed by atoms with Crippen molar-refractivity contribution in [2.75, 3.05) is 23.8 Å². The number of rotatable bonds is 1. The minimum atomic E-state index is 0.208. The van der Waals surface area contributed by atoms with Crippen molar-refractivity contribution >= 4 is 27.7 Å². The minimum absolute atomic E-state index is 0.208. The fourth-order valence-electron chi connectivity index (χ4n) is 1.77. The first-order chi connectivity index (χ1) is 7.58. The Bertz CT molecular complexity index is 387. The molecule has 0 amide bonds. The smallest absolute Gasteiger partial charge is 0.222 e. The SMILES string of the molecule is CC1CN(c2nc(N)ncc2Br)C(C)CO1. The fourth-order valence-corrected chi connectivity index (χ4v) is 2.19. The molecule has 0 saturated carbocycles. The van der Waals surface area contributed by atoms with Gasteiger partial charge in [-0.15, -0.1) is 0 Å². The zero-order valence-electron chi connectivity index (χ0n) is 9.35. The highest BCUT2D eigenvalue weighted by Gasteiger charge is 2.26. The lowest BCUT2D eigenvalue weighted by Crippen LogP contribution is -2.48. The fraction of sp³-hybridized carbons (Fsp3) is 0.600. The van der Waals surface area contributed by atoms with Crippen LogP contribution in [-0.4, -0.2) is 35.3 Å². The van der Waals surface area contributed by atoms with Crippen molar-refractivity contribution in [2.45, 2.75) is 26.0 Å². The highest BCUT2D eigenvalue weighted by Crippen LogP contribution is 2.27. The van der Waals surface area contributed by atoms with E-state index in [0.717, 1.165) is 16.8 Å². The second-order valence-corrected chi connectivity index (χ2v) is 4.90. The van der Waals surface area contributed by atoms with Crippen LogP contribution in [-0.2, 0) is 4.74 Å². The summed E-state index contributed by atoms with van der Waals surface area (Å²) in [5.41, 5.74) is 5.61. The molecule has 0 spiro atoms. The average molecular weight is 287 g/mol. The molecule has 88 valence electrons. The van der Waals surface area contributed by atoms with Crippen molar-refractivity contribution in [2.24, 2.45) is 0 Å². The van der Waals surface area contributed by atoms with Crippen LogP contribution >= 0.6 is 15.9 Å². The number of morpholine rings is 1. The average Bonchev–Trinajstić information content (AvgIpc) is 2.25. The van der Waals surface area contributed by atoms with Crippen LogP contribution in [0.25, 0.3) is 0 Å². The Morgan fingerprint density at radius 1 is 1.56 bits per heavy atom. The number of anilines is 2. The largest absolute Gasteiger partial charge is 0.375 e. The van der Waals surface area contributed by atoms with E-state index >= 15 is 0 Å². The topological polar surface area (TPSA) is 64.3 Å². The van der Waals surface area contributed by atoms with Crippen LogP contribution in [0, 0.1) is 0 Å². The lowest BCUT2D eigenvalue weighted by Gasteiger charge is -2.38. The normalized spacial score (nSPS) is 25.8. The maximum Gasteiger partial charge on any atom is 0.222 e. The molecule has 0 aromatic carbocycles. The van der Waals surface area contributed by atoms with Gasteiger partial charge in [0.15, 0.2) is 0 Å². The molecule has 2 atom stereocenters. The van der Waals surface area contributed by atoms with Crippen LogP contribution in [0.4, 0.5) is 11.8 Å². The molecule has 2 heterocycles. The summed E-state index contributed by atoms with van der Waals surface area (Å²) in [6.45, 7) is 5.68. The summed E-state index contributed by atoms with van der Waals surface area (Å²) in [5, 5.41) is 0. The molecule has 1 aliphatic heterocycles. The minimum Gasteiger partial charge on any atom is -0.375 e. The van der Waals surface area contributed by atoms with E-state index in [2.05, 4.69) is 44.6 Å². The third-order valence-corrected chi connectivity index (χ3v) is 3.18. The predicted octanol–water partition coefficient (Wildman–Crippen LogP) is 1.43. The van der Waals surface area contributed by atoms with Gasteiger partial charge < -0.3 is 15.4 Å². The Morgan fingerprint density at radius 2 is 2.31 bits per heavy atom. The molecule has 2 unspecified atom stereocenters. The number of hydrogen-bond donors (Lipinski definition) is 1. The summed E-state index contributed by atoms with van der Waals surface area (Å²) >= 11 is 3.45. The lowest BCUT2D eigenvalue weighted by molar-refractivity contribution is 0.0340. The molecule has 1 aromatic heterocycles. The van der Waals surface area contributed by atoms with E-state index in [0.29, 0.717) is 18.6 Å². The first-order valence-corrected chi connectivity index (χ1v) is 6.03.